The third-order valence-electron chi connectivity index (χ3n) is 2.88. The molecule has 0 aromatic heterocycles. The Balaban J connectivity index is 2.19. The largest absolute Gasteiger partial charge is 0.492 e. The lowest BCUT2D eigenvalue weighted by Crippen LogP contribution is -2.37. The van der Waals surface area contributed by atoms with Gasteiger partial charge in [0.15, 0.2) is 0 Å². The summed E-state index contributed by atoms with van der Waals surface area (Å²) in [6, 6.07) is 8.69. The number of para-hydroxylation sites is 1. The predicted molar refractivity (Wildman–Crippen MR) is 74.8 cm³/mol. The van der Waals surface area contributed by atoms with Gasteiger partial charge in [-0.05, 0) is 12.6 Å². The molecular weight excluding hydrogens is 230 g/mol. The molecule has 1 heterocycles. The zero-order valence-corrected chi connectivity index (χ0v) is 11.0. The Bertz CT molecular complexity index is 380. The molecule has 1 N–H and O–H groups in total. The summed E-state index contributed by atoms with van der Waals surface area (Å²) in [5, 5.41) is 4.03. The monoisotopic (exact) mass is 249 g/mol. The summed E-state index contributed by atoms with van der Waals surface area (Å²) >= 11 is 1.90. The van der Waals surface area contributed by atoms with Crippen molar-refractivity contribution in [2.24, 2.45) is 0 Å². The van der Waals surface area contributed by atoms with Gasteiger partial charge in [0.2, 0.25) is 0 Å². The van der Waals surface area contributed by atoms with Gasteiger partial charge in [-0.3, -0.25) is 0 Å². The Morgan fingerprint density at radius 1 is 1.53 bits per heavy atom. The molecule has 1 aliphatic heterocycles. The van der Waals surface area contributed by atoms with E-state index in [4.69, 9.17) is 4.74 Å². The third-order valence-corrected chi connectivity index (χ3v) is 4.15. The molecule has 1 aromatic rings. The number of hydrogen-bond donors (Lipinski definition) is 1. The highest BCUT2D eigenvalue weighted by Gasteiger charge is 2.29. The van der Waals surface area contributed by atoms with E-state index in [0.717, 1.165) is 24.7 Å². The van der Waals surface area contributed by atoms with Crippen molar-refractivity contribution >= 4 is 11.8 Å². The summed E-state index contributed by atoms with van der Waals surface area (Å²) in [5.74, 6) is 1.99. The smallest absolute Gasteiger partial charge is 0.124 e. The van der Waals surface area contributed by atoms with Crippen molar-refractivity contribution in [2.75, 3.05) is 18.9 Å². The molecule has 0 fully saturated rings. The van der Waals surface area contributed by atoms with Crippen LogP contribution in [0.3, 0.4) is 0 Å². The summed E-state index contributed by atoms with van der Waals surface area (Å²) in [7, 11) is 0. The van der Waals surface area contributed by atoms with Crippen molar-refractivity contribution in [2.45, 2.75) is 18.2 Å². The van der Waals surface area contributed by atoms with E-state index in [1.54, 1.807) is 0 Å². The van der Waals surface area contributed by atoms with Gasteiger partial charge < -0.3 is 10.1 Å². The Hall–Kier alpha value is -0.930. The van der Waals surface area contributed by atoms with Crippen LogP contribution in [0, 0.1) is 0 Å². The number of rotatable bonds is 5. The average Bonchev–Trinajstić information content (AvgIpc) is 2.38. The zero-order valence-electron chi connectivity index (χ0n) is 10.2. The van der Waals surface area contributed by atoms with Crippen LogP contribution in [0.25, 0.3) is 0 Å². The van der Waals surface area contributed by atoms with E-state index in [0.29, 0.717) is 11.3 Å². The Morgan fingerprint density at radius 3 is 3.12 bits per heavy atom. The normalized spacial score (nSPS) is 22.6. The zero-order chi connectivity index (χ0) is 12.1. The first-order chi connectivity index (χ1) is 8.36. The molecular formula is C14H19NOS. The Labute approximate surface area is 107 Å². The van der Waals surface area contributed by atoms with Crippen LogP contribution in [-0.2, 0) is 0 Å². The second-order valence-electron chi connectivity index (χ2n) is 4.04. The third kappa shape index (κ3) is 2.85. The SMILES string of the molecule is C=CCSC1COc2ccccc2C1NCC. The molecule has 0 saturated heterocycles. The van der Waals surface area contributed by atoms with Crippen LogP contribution >= 0.6 is 11.8 Å². The molecule has 92 valence electrons. The maximum atomic E-state index is 5.81. The first-order valence-corrected chi connectivity index (χ1v) is 7.09. The van der Waals surface area contributed by atoms with Crippen molar-refractivity contribution in [1.82, 2.24) is 5.32 Å². The maximum Gasteiger partial charge on any atom is 0.124 e. The minimum absolute atomic E-state index is 0.384. The number of thioether (sulfide) groups is 1. The molecule has 2 atom stereocenters. The van der Waals surface area contributed by atoms with Crippen LogP contribution in [-0.4, -0.2) is 24.2 Å². The van der Waals surface area contributed by atoms with Gasteiger partial charge in [-0.15, -0.1) is 18.3 Å². The molecule has 2 unspecified atom stereocenters. The van der Waals surface area contributed by atoms with Gasteiger partial charge in [0.1, 0.15) is 12.4 Å². The molecule has 17 heavy (non-hydrogen) atoms. The van der Waals surface area contributed by atoms with Gasteiger partial charge in [-0.25, -0.2) is 0 Å². The molecule has 0 spiro atoms. The fraction of sp³-hybridized carbons (Fsp3) is 0.429. The second-order valence-corrected chi connectivity index (χ2v) is 5.32. The van der Waals surface area contributed by atoms with Gasteiger partial charge in [0.05, 0.1) is 11.3 Å². The lowest BCUT2D eigenvalue weighted by atomic mass is 10.0. The maximum absolute atomic E-state index is 5.81. The number of hydrogen-bond acceptors (Lipinski definition) is 3. The molecule has 1 aliphatic rings. The van der Waals surface area contributed by atoms with E-state index in [-0.39, 0.29) is 0 Å². The van der Waals surface area contributed by atoms with Gasteiger partial charge in [-0.1, -0.05) is 31.2 Å². The predicted octanol–water partition coefficient (Wildman–Crippen LogP) is 3.02. The molecule has 0 aliphatic carbocycles. The van der Waals surface area contributed by atoms with Crippen LogP contribution < -0.4 is 10.1 Å². The quantitative estimate of drug-likeness (QED) is 0.811. The molecule has 3 heteroatoms. The molecule has 0 bridgehead atoms. The topological polar surface area (TPSA) is 21.3 Å². The summed E-state index contributed by atoms with van der Waals surface area (Å²) in [5.41, 5.74) is 1.28. The average molecular weight is 249 g/mol. The number of benzene rings is 1. The van der Waals surface area contributed by atoms with E-state index >= 15 is 0 Å². The molecule has 0 amide bonds. The standard InChI is InChI=1S/C14H19NOS/c1-3-9-17-13-10-16-12-8-6-5-7-11(12)14(13)15-4-2/h3,5-8,13-15H,1,4,9-10H2,2H3. The Morgan fingerprint density at radius 2 is 2.35 bits per heavy atom. The lowest BCUT2D eigenvalue weighted by molar-refractivity contribution is 0.262. The van der Waals surface area contributed by atoms with Crippen LogP contribution in [0.15, 0.2) is 36.9 Å². The molecule has 2 nitrogen and oxygen atoms in total. The van der Waals surface area contributed by atoms with Crippen LogP contribution in [0.2, 0.25) is 0 Å². The van der Waals surface area contributed by atoms with Crippen molar-refractivity contribution in [3.8, 4) is 5.75 Å². The highest BCUT2D eigenvalue weighted by Crippen LogP contribution is 2.37. The first kappa shape index (κ1) is 12.5. The summed E-state index contributed by atoms with van der Waals surface area (Å²) in [6.45, 7) is 7.67. The van der Waals surface area contributed by atoms with Gasteiger partial charge in [-0.2, -0.15) is 0 Å². The molecule has 2 rings (SSSR count). The van der Waals surface area contributed by atoms with Crippen molar-refractivity contribution in [3.05, 3.63) is 42.5 Å². The summed E-state index contributed by atoms with van der Waals surface area (Å²) in [6.07, 6.45) is 1.95. The fourth-order valence-corrected chi connectivity index (χ4v) is 3.12. The van der Waals surface area contributed by atoms with Gasteiger partial charge in [0.25, 0.3) is 0 Å². The van der Waals surface area contributed by atoms with E-state index < -0.39 is 0 Å². The van der Waals surface area contributed by atoms with Crippen LogP contribution in [0.5, 0.6) is 5.75 Å². The first-order valence-electron chi connectivity index (χ1n) is 6.04. The van der Waals surface area contributed by atoms with Gasteiger partial charge in [0, 0.05) is 11.3 Å². The Kier molecular flexibility index (Phi) is 4.51. The number of nitrogens with one attached hydrogen (secondary N) is 1. The van der Waals surface area contributed by atoms with Crippen molar-refractivity contribution in [1.29, 1.82) is 0 Å². The van der Waals surface area contributed by atoms with E-state index in [9.17, 15) is 0 Å². The number of ether oxygens (including phenoxy) is 1. The van der Waals surface area contributed by atoms with E-state index in [2.05, 4.69) is 31.0 Å². The molecule has 0 saturated carbocycles. The second kappa shape index (κ2) is 6.12. The molecule has 1 aromatic carbocycles. The highest BCUT2D eigenvalue weighted by atomic mass is 32.2. The number of fused-ring (bicyclic) bond motifs is 1. The van der Waals surface area contributed by atoms with Crippen molar-refractivity contribution in [3.63, 3.8) is 0 Å². The van der Waals surface area contributed by atoms with Crippen LogP contribution in [0.4, 0.5) is 0 Å². The van der Waals surface area contributed by atoms with E-state index in [1.165, 1.54) is 5.56 Å². The molecule has 0 radical (unpaired) electrons. The van der Waals surface area contributed by atoms with E-state index in [1.807, 2.05) is 30.0 Å². The van der Waals surface area contributed by atoms with Crippen LogP contribution in [0.1, 0.15) is 18.5 Å². The highest BCUT2D eigenvalue weighted by molar-refractivity contribution is 8.00. The van der Waals surface area contributed by atoms with Gasteiger partial charge >= 0.3 is 0 Å². The minimum Gasteiger partial charge on any atom is -0.492 e. The lowest BCUT2D eigenvalue weighted by Gasteiger charge is -2.33. The fourth-order valence-electron chi connectivity index (χ4n) is 2.13. The summed E-state index contributed by atoms with van der Waals surface area (Å²) < 4.78 is 5.81. The summed E-state index contributed by atoms with van der Waals surface area (Å²) in [4.78, 5) is 0. The minimum atomic E-state index is 0.384. The van der Waals surface area contributed by atoms with Crippen molar-refractivity contribution < 1.29 is 4.74 Å².